The molecule has 1 aromatic rings. The third kappa shape index (κ3) is 1.51. The Kier molecular flexibility index (Phi) is 2.94. The third-order valence-electron chi connectivity index (χ3n) is 1.75. The summed E-state index contributed by atoms with van der Waals surface area (Å²) in [4.78, 5) is 0. The zero-order valence-electron chi connectivity index (χ0n) is 7.46. The van der Waals surface area contributed by atoms with Crippen molar-refractivity contribution in [1.82, 2.24) is 0 Å². The van der Waals surface area contributed by atoms with E-state index in [0.29, 0.717) is 6.54 Å². The number of para-hydroxylation sites is 1. The molecule has 3 heteroatoms. The normalized spacial score (nSPS) is 9.58. The minimum Gasteiger partial charge on any atom is -0.493 e. The van der Waals surface area contributed by atoms with Gasteiger partial charge in [-0.05, 0) is 12.1 Å². The Bertz CT molecular complexity index is 238. The summed E-state index contributed by atoms with van der Waals surface area (Å²) in [7, 11) is 3.27. The zero-order valence-corrected chi connectivity index (χ0v) is 7.46. The Balaban J connectivity index is 3.13. The predicted octanol–water partition coefficient (Wildman–Crippen LogP) is 0.446. The van der Waals surface area contributed by atoms with Crippen LogP contribution in [-0.2, 0) is 6.54 Å². The van der Waals surface area contributed by atoms with Crippen LogP contribution >= 0.6 is 0 Å². The fourth-order valence-corrected chi connectivity index (χ4v) is 1.15. The molecule has 0 aliphatic rings. The second-order valence-electron chi connectivity index (χ2n) is 2.40. The van der Waals surface area contributed by atoms with Crippen LogP contribution < -0.4 is 15.2 Å². The lowest BCUT2D eigenvalue weighted by Crippen LogP contribution is -2.47. The first kappa shape index (κ1) is 8.87. The van der Waals surface area contributed by atoms with E-state index in [0.717, 1.165) is 17.1 Å². The lowest BCUT2D eigenvalue weighted by molar-refractivity contribution is -0.386. The maximum Gasteiger partial charge on any atom is 0.169 e. The van der Waals surface area contributed by atoms with Gasteiger partial charge in [0.15, 0.2) is 11.5 Å². The third-order valence-corrected chi connectivity index (χ3v) is 1.75. The molecule has 0 saturated carbocycles. The molecule has 0 heterocycles. The molecule has 12 heavy (non-hydrogen) atoms. The standard InChI is InChI=1S/C9H13NO2/c1-11-8-5-3-4-7(6-10)9(8)12-2/h3-5H,6,10H2,1-2H3/p+1. The molecule has 0 amide bonds. The van der Waals surface area contributed by atoms with Crippen molar-refractivity contribution in [2.24, 2.45) is 0 Å². The Morgan fingerprint density at radius 1 is 1.25 bits per heavy atom. The molecule has 3 N–H and O–H groups in total. The van der Waals surface area contributed by atoms with Gasteiger partial charge in [-0.25, -0.2) is 0 Å². The number of benzene rings is 1. The maximum absolute atomic E-state index is 5.19. The fourth-order valence-electron chi connectivity index (χ4n) is 1.15. The van der Waals surface area contributed by atoms with Gasteiger partial charge in [-0.15, -0.1) is 0 Å². The van der Waals surface area contributed by atoms with Crippen molar-refractivity contribution in [2.45, 2.75) is 6.54 Å². The fraction of sp³-hybridized carbons (Fsp3) is 0.333. The maximum atomic E-state index is 5.19. The average Bonchev–Trinajstić information content (AvgIpc) is 2.16. The molecular formula is C9H14NO2+. The van der Waals surface area contributed by atoms with E-state index in [2.05, 4.69) is 5.73 Å². The molecule has 3 nitrogen and oxygen atoms in total. The molecular weight excluding hydrogens is 154 g/mol. The number of ether oxygens (including phenoxy) is 2. The first-order valence-electron chi connectivity index (χ1n) is 3.82. The van der Waals surface area contributed by atoms with Gasteiger partial charge in [0.2, 0.25) is 0 Å². The van der Waals surface area contributed by atoms with E-state index in [9.17, 15) is 0 Å². The average molecular weight is 168 g/mol. The molecule has 0 aliphatic carbocycles. The molecule has 0 spiro atoms. The van der Waals surface area contributed by atoms with Crippen LogP contribution in [0.2, 0.25) is 0 Å². The number of methoxy groups -OCH3 is 2. The highest BCUT2D eigenvalue weighted by Gasteiger charge is 2.07. The second-order valence-corrected chi connectivity index (χ2v) is 2.40. The summed E-state index contributed by atoms with van der Waals surface area (Å²) in [6.07, 6.45) is 0. The Morgan fingerprint density at radius 2 is 2.00 bits per heavy atom. The molecule has 0 fully saturated rings. The van der Waals surface area contributed by atoms with Crippen molar-refractivity contribution in [2.75, 3.05) is 14.2 Å². The minimum atomic E-state index is 0.709. The van der Waals surface area contributed by atoms with Crippen molar-refractivity contribution in [3.63, 3.8) is 0 Å². The van der Waals surface area contributed by atoms with Crippen molar-refractivity contribution in [1.29, 1.82) is 0 Å². The monoisotopic (exact) mass is 168 g/mol. The molecule has 0 saturated heterocycles. The summed E-state index contributed by atoms with van der Waals surface area (Å²) in [5.41, 5.74) is 4.87. The highest BCUT2D eigenvalue weighted by atomic mass is 16.5. The molecule has 1 aromatic carbocycles. The summed E-state index contributed by atoms with van der Waals surface area (Å²) >= 11 is 0. The van der Waals surface area contributed by atoms with Crippen molar-refractivity contribution >= 4 is 0 Å². The van der Waals surface area contributed by atoms with E-state index in [4.69, 9.17) is 9.47 Å². The number of quaternary nitrogens is 1. The van der Waals surface area contributed by atoms with Crippen LogP contribution in [0.25, 0.3) is 0 Å². The molecule has 0 aromatic heterocycles. The van der Waals surface area contributed by atoms with E-state index in [1.807, 2.05) is 18.2 Å². The van der Waals surface area contributed by atoms with E-state index < -0.39 is 0 Å². The van der Waals surface area contributed by atoms with Gasteiger partial charge < -0.3 is 15.2 Å². The van der Waals surface area contributed by atoms with Crippen LogP contribution in [0.1, 0.15) is 5.56 Å². The first-order valence-corrected chi connectivity index (χ1v) is 3.82. The first-order chi connectivity index (χ1) is 5.83. The number of hydrogen-bond donors (Lipinski definition) is 1. The minimum absolute atomic E-state index is 0.709. The van der Waals surface area contributed by atoms with Gasteiger partial charge in [-0.1, -0.05) is 6.07 Å². The number of rotatable bonds is 3. The van der Waals surface area contributed by atoms with E-state index in [1.165, 1.54) is 0 Å². The molecule has 0 aliphatic heterocycles. The van der Waals surface area contributed by atoms with Gasteiger partial charge in [-0.3, -0.25) is 0 Å². The summed E-state index contributed by atoms with van der Waals surface area (Å²) in [6, 6.07) is 5.79. The van der Waals surface area contributed by atoms with Crippen LogP contribution in [0, 0.1) is 0 Å². The van der Waals surface area contributed by atoms with Crippen LogP contribution in [0.3, 0.4) is 0 Å². The summed E-state index contributed by atoms with van der Waals surface area (Å²) in [5.74, 6) is 1.55. The Morgan fingerprint density at radius 3 is 2.50 bits per heavy atom. The van der Waals surface area contributed by atoms with Gasteiger partial charge in [0.1, 0.15) is 6.54 Å². The van der Waals surface area contributed by atoms with Gasteiger partial charge in [0.25, 0.3) is 0 Å². The van der Waals surface area contributed by atoms with E-state index in [-0.39, 0.29) is 0 Å². The van der Waals surface area contributed by atoms with Crippen LogP contribution in [0.5, 0.6) is 11.5 Å². The molecule has 0 radical (unpaired) electrons. The van der Waals surface area contributed by atoms with Crippen molar-refractivity contribution in [3.8, 4) is 11.5 Å². The highest BCUT2D eigenvalue weighted by molar-refractivity contribution is 5.46. The lowest BCUT2D eigenvalue weighted by atomic mass is 10.2. The number of hydrogen-bond acceptors (Lipinski definition) is 2. The summed E-state index contributed by atoms with van der Waals surface area (Å²) in [6.45, 7) is 0.709. The van der Waals surface area contributed by atoms with Gasteiger partial charge in [-0.2, -0.15) is 0 Å². The quantitative estimate of drug-likeness (QED) is 0.712. The highest BCUT2D eigenvalue weighted by Crippen LogP contribution is 2.29. The smallest absolute Gasteiger partial charge is 0.169 e. The second kappa shape index (κ2) is 3.97. The van der Waals surface area contributed by atoms with Gasteiger partial charge in [0.05, 0.1) is 19.8 Å². The Hall–Kier alpha value is -1.22. The van der Waals surface area contributed by atoms with Crippen LogP contribution in [-0.4, -0.2) is 14.2 Å². The summed E-state index contributed by atoms with van der Waals surface area (Å²) in [5, 5.41) is 0. The van der Waals surface area contributed by atoms with Crippen LogP contribution in [0.4, 0.5) is 0 Å². The van der Waals surface area contributed by atoms with Gasteiger partial charge in [0, 0.05) is 0 Å². The molecule has 0 atom stereocenters. The summed E-state index contributed by atoms with van der Waals surface area (Å²) < 4.78 is 10.3. The van der Waals surface area contributed by atoms with Crippen molar-refractivity contribution in [3.05, 3.63) is 23.8 Å². The Labute approximate surface area is 72.1 Å². The van der Waals surface area contributed by atoms with Crippen molar-refractivity contribution < 1.29 is 15.2 Å². The van der Waals surface area contributed by atoms with Gasteiger partial charge >= 0.3 is 0 Å². The topological polar surface area (TPSA) is 46.1 Å². The zero-order chi connectivity index (χ0) is 8.97. The predicted molar refractivity (Wildman–Crippen MR) is 46.1 cm³/mol. The van der Waals surface area contributed by atoms with E-state index >= 15 is 0 Å². The largest absolute Gasteiger partial charge is 0.493 e. The molecule has 66 valence electrons. The molecule has 0 bridgehead atoms. The van der Waals surface area contributed by atoms with E-state index in [1.54, 1.807) is 14.2 Å². The molecule has 1 rings (SSSR count). The lowest BCUT2D eigenvalue weighted by Gasteiger charge is -2.09. The molecule has 0 unspecified atom stereocenters. The van der Waals surface area contributed by atoms with Crippen LogP contribution in [0.15, 0.2) is 18.2 Å². The SMILES string of the molecule is COc1cccc(C[NH3+])c1OC.